The standard InChI is InChI=1S/C19H30N2O4S/c1-14-18(8-9-19(20-14)26(3,22)23)25-16-6-4-15(5-7-16)24-17-10-12-21(2)13-11-17/h8-9,15-17H,4-7,10-13H2,1-3H3. The number of aryl methyl sites for hydroxylation is 1. The highest BCUT2D eigenvalue weighted by Crippen LogP contribution is 2.29. The molecule has 6 nitrogen and oxygen atoms in total. The zero-order chi connectivity index (χ0) is 18.7. The van der Waals surface area contributed by atoms with Crippen LogP contribution in [0.15, 0.2) is 17.2 Å². The number of likely N-dealkylation sites (tertiary alicyclic amines) is 1. The van der Waals surface area contributed by atoms with Crippen LogP contribution in [0.2, 0.25) is 0 Å². The third-order valence-corrected chi connectivity index (χ3v) is 6.34. The second kappa shape index (κ2) is 8.23. The minimum Gasteiger partial charge on any atom is -0.489 e. The SMILES string of the molecule is Cc1nc(S(C)(=O)=O)ccc1OC1CCC(OC2CCN(C)CC2)CC1. The smallest absolute Gasteiger partial charge is 0.192 e. The number of ether oxygens (including phenoxy) is 2. The summed E-state index contributed by atoms with van der Waals surface area (Å²) < 4.78 is 35.5. The van der Waals surface area contributed by atoms with Gasteiger partial charge >= 0.3 is 0 Å². The second-order valence-electron chi connectivity index (χ2n) is 7.66. The first-order valence-electron chi connectivity index (χ1n) is 9.49. The molecule has 26 heavy (non-hydrogen) atoms. The summed E-state index contributed by atoms with van der Waals surface area (Å²) in [5.41, 5.74) is 0.623. The summed E-state index contributed by atoms with van der Waals surface area (Å²) in [6.07, 6.45) is 8.29. The van der Waals surface area contributed by atoms with Crippen molar-refractivity contribution < 1.29 is 17.9 Å². The Morgan fingerprint density at radius 3 is 2.15 bits per heavy atom. The summed E-state index contributed by atoms with van der Waals surface area (Å²) in [5.74, 6) is 0.678. The lowest BCUT2D eigenvalue weighted by Gasteiger charge is -2.35. The van der Waals surface area contributed by atoms with Crippen LogP contribution in [0.3, 0.4) is 0 Å². The number of sulfone groups is 1. The van der Waals surface area contributed by atoms with Gasteiger partial charge in [-0.3, -0.25) is 0 Å². The van der Waals surface area contributed by atoms with E-state index in [2.05, 4.69) is 16.9 Å². The maximum Gasteiger partial charge on any atom is 0.192 e. The molecule has 0 aromatic carbocycles. The first-order chi connectivity index (χ1) is 12.3. The van der Waals surface area contributed by atoms with Crippen molar-refractivity contribution in [2.24, 2.45) is 0 Å². The molecule has 2 aliphatic rings. The molecule has 0 spiro atoms. The van der Waals surface area contributed by atoms with Crippen LogP contribution in [0.4, 0.5) is 0 Å². The van der Waals surface area contributed by atoms with E-state index in [1.54, 1.807) is 13.0 Å². The van der Waals surface area contributed by atoms with Gasteiger partial charge in [0.1, 0.15) is 5.75 Å². The molecular weight excluding hydrogens is 352 g/mol. The summed E-state index contributed by atoms with van der Waals surface area (Å²) in [5, 5.41) is 0.0950. The van der Waals surface area contributed by atoms with Gasteiger partial charge in [0.15, 0.2) is 14.9 Å². The number of piperidine rings is 1. The summed E-state index contributed by atoms with van der Waals surface area (Å²) in [4.78, 5) is 6.52. The molecule has 1 saturated heterocycles. The third kappa shape index (κ3) is 5.18. The molecule has 7 heteroatoms. The van der Waals surface area contributed by atoms with Crippen molar-refractivity contribution in [2.75, 3.05) is 26.4 Å². The van der Waals surface area contributed by atoms with Crippen LogP contribution in [0.25, 0.3) is 0 Å². The third-order valence-electron chi connectivity index (χ3n) is 5.36. The topological polar surface area (TPSA) is 68.7 Å². The minimum atomic E-state index is -3.29. The second-order valence-corrected chi connectivity index (χ2v) is 9.62. The fourth-order valence-corrected chi connectivity index (χ4v) is 4.33. The highest BCUT2D eigenvalue weighted by Gasteiger charge is 2.27. The zero-order valence-corrected chi connectivity index (χ0v) is 16.8. The number of pyridine rings is 1. The summed E-state index contributed by atoms with van der Waals surface area (Å²) in [6, 6.07) is 3.24. The predicted molar refractivity (Wildman–Crippen MR) is 100 cm³/mol. The molecular formula is C19H30N2O4S. The van der Waals surface area contributed by atoms with E-state index in [-0.39, 0.29) is 11.1 Å². The van der Waals surface area contributed by atoms with Gasteiger partial charge in [0.2, 0.25) is 0 Å². The van der Waals surface area contributed by atoms with Crippen LogP contribution in [-0.2, 0) is 14.6 Å². The normalized spacial score (nSPS) is 26.0. The highest BCUT2D eigenvalue weighted by molar-refractivity contribution is 7.90. The lowest BCUT2D eigenvalue weighted by molar-refractivity contribution is -0.0643. The van der Waals surface area contributed by atoms with E-state index >= 15 is 0 Å². The molecule has 0 atom stereocenters. The van der Waals surface area contributed by atoms with Crippen molar-refractivity contribution in [1.29, 1.82) is 0 Å². The van der Waals surface area contributed by atoms with Crippen molar-refractivity contribution in [3.63, 3.8) is 0 Å². The molecule has 0 radical (unpaired) electrons. The Labute approximate surface area is 156 Å². The van der Waals surface area contributed by atoms with Crippen molar-refractivity contribution in [3.8, 4) is 5.75 Å². The van der Waals surface area contributed by atoms with Gasteiger partial charge in [0.25, 0.3) is 0 Å². The molecule has 0 unspecified atom stereocenters. The monoisotopic (exact) mass is 382 g/mol. The fourth-order valence-electron chi connectivity index (χ4n) is 3.72. The number of aromatic nitrogens is 1. The molecule has 2 fully saturated rings. The Balaban J connectivity index is 1.48. The summed E-state index contributed by atoms with van der Waals surface area (Å²) >= 11 is 0. The maximum atomic E-state index is 11.6. The van der Waals surface area contributed by atoms with Gasteiger partial charge in [-0.15, -0.1) is 0 Å². The molecule has 1 aromatic rings. The van der Waals surface area contributed by atoms with Gasteiger partial charge in [-0.1, -0.05) is 0 Å². The van der Waals surface area contributed by atoms with E-state index in [1.165, 1.54) is 12.3 Å². The molecule has 1 aromatic heterocycles. The van der Waals surface area contributed by atoms with Crippen LogP contribution in [-0.4, -0.2) is 63.0 Å². The van der Waals surface area contributed by atoms with E-state index in [1.807, 2.05) is 0 Å². The lowest BCUT2D eigenvalue weighted by Crippen LogP contribution is -2.37. The Kier molecular flexibility index (Phi) is 6.20. The van der Waals surface area contributed by atoms with Crippen molar-refractivity contribution in [3.05, 3.63) is 17.8 Å². The van der Waals surface area contributed by atoms with Crippen LogP contribution in [0.5, 0.6) is 5.75 Å². The van der Waals surface area contributed by atoms with E-state index < -0.39 is 9.84 Å². The van der Waals surface area contributed by atoms with Crippen molar-refractivity contribution >= 4 is 9.84 Å². The van der Waals surface area contributed by atoms with Gasteiger partial charge in [-0.2, -0.15) is 0 Å². The maximum absolute atomic E-state index is 11.6. The Morgan fingerprint density at radius 1 is 1.00 bits per heavy atom. The molecule has 0 N–H and O–H groups in total. The highest BCUT2D eigenvalue weighted by atomic mass is 32.2. The van der Waals surface area contributed by atoms with Gasteiger partial charge < -0.3 is 14.4 Å². The Hall–Kier alpha value is -1.18. The first kappa shape index (κ1) is 19.6. The molecule has 1 aliphatic heterocycles. The van der Waals surface area contributed by atoms with Crippen LogP contribution in [0, 0.1) is 6.92 Å². The number of hydrogen-bond donors (Lipinski definition) is 0. The van der Waals surface area contributed by atoms with Crippen LogP contribution in [0.1, 0.15) is 44.2 Å². The van der Waals surface area contributed by atoms with Gasteiger partial charge in [0, 0.05) is 19.3 Å². The molecule has 2 heterocycles. The average Bonchev–Trinajstić information content (AvgIpc) is 2.59. The number of rotatable bonds is 5. The molecule has 0 bridgehead atoms. The van der Waals surface area contributed by atoms with Gasteiger partial charge in [0.05, 0.1) is 24.0 Å². The minimum absolute atomic E-state index is 0.0950. The van der Waals surface area contributed by atoms with Crippen LogP contribution < -0.4 is 4.74 Å². The number of nitrogens with zero attached hydrogens (tertiary/aromatic N) is 2. The average molecular weight is 383 g/mol. The van der Waals surface area contributed by atoms with E-state index in [9.17, 15) is 8.42 Å². The number of hydrogen-bond acceptors (Lipinski definition) is 6. The predicted octanol–water partition coefficient (Wildman–Crippen LogP) is 2.59. The summed E-state index contributed by atoms with van der Waals surface area (Å²) in [6.45, 7) is 4.04. The lowest BCUT2D eigenvalue weighted by atomic mass is 9.94. The fraction of sp³-hybridized carbons (Fsp3) is 0.737. The van der Waals surface area contributed by atoms with E-state index in [4.69, 9.17) is 9.47 Å². The molecule has 146 valence electrons. The Bertz CT molecular complexity index is 706. The first-order valence-corrected chi connectivity index (χ1v) is 11.4. The largest absolute Gasteiger partial charge is 0.489 e. The van der Waals surface area contributed by atoms with E-state index in [0.717, 1.165) is 51.6 Å². The quantitative estimate of drug-likeness (QED) is 0.780. The van der Waals surface area contributed by atoms with Crippen molar-refractivity contribution in [2.45, 2.75) is 68.8 Å². The van der Waals surface area contributed by atoms with Gasteiger partial charge in [-0.05, 0) is 64.6 Å². The van der Waals surface area contributed by atoms with Gasteiger partial charge in [-0.25, -0.2) is 13.4 Å². The molecule has 1 saturated carbocycles. The Morgan fingerprint density at radius 2 is 1.58 bits per heavy atom. The molecule has 1 aliphatic carbocycles. The summed E-state index contributed by atoms with van der Waals surface area (Å²) in [7, 11) is -1.12. The molecule has 0 amide bonds. The van der Waals surface area contributed by atoms with E-state index in [0.29, 0.717) is 23.7 Å². The van der Waals surface area contributed by atoms with Crippen molar-refractivity contribution in [1.82, 2.24) is 9.88 Å². The van der Waals surface area contributed by atoms with Crippen LogP contribution >= 0.6 is 0 Å². The molecule has 3 rings (SSSR count). The zero-order valence-electron chi connectivity index (χ0n) is 16.0.